The number of aromatic amines is 1. The summed E-state index contributed by atoms with van der Waals surface area (Å²) in [6.45, 7) is 3.08. The number of ether oxygens (including phenoxy) is 1. The van der Waals surface area contributed by atoms with E-state index in [1.165, 1.54) is 6.33 Å². The van der Waals surface area contributed by atoms with E-state index in [0.717, 1.165) is 63.9 Å². The molecule has 2 aromatic heterocycles. The first-order valence-corrected chi connectivity index (χ1v) is 13.1. The molecule has 8 nitrogen and oxygen atoms in total. The lowest BCUT2D eigenvalue weighted by Crippen LogP contribution is -2.23. The number of rotatable bonds is 7. The molecule has 1 saturated heterocycles. The highest BCUT2D eigenvalue weighted by Gasteiger charge is 2.18. The van der Waals surface area contributed by atoms with Crippen molar-refractivity contribution < 1.29 is 9.53 Å². The van der Waals surface area contributed by atoms with Crippen LogP contribution in [-0.2, 0) is 4.79 Å². The number of carbonyl (C=O) groups excluding carboxylic acids is 1. The second-order valence-electron chi connectivity index (χ2n) is 9.93. The molecule has 0 unspecified atom stereocenters. The highest BCUT2D eigenvalue weighted by atomic mass is 16.5. The summed E-state index contributed by atoms with van der Waals surface area (Å²) in [6, 6.07) is 19.9. The van der Waals surface area contributed by atoms with E-state index in [4.69, 9.17) is 4.74 Å². The lowest BCUT2D eigenvalue weighted by Gasteiger charge is -2.14. The van der Waals surface area contributed by atoms with Gasteiger partial charge in [-0.05, 0) is 98.9 Å². The van der Waals surface area contributed by atoms with Crippen molar-refractivity contribution in [3.05, 3.63) is 90.9 Å². The molecule has 1 atom stereocenters. The van der Waals surface area contributed by atoms with Crippen LogP contribution in [0.4, 0.5) is 17.2 Å². The molecule has 1 amide bonds. The van der Waals surface area contributed by atoms with Crippen molar-refractivity contribution in [3.8, 4) is 11.5 Å². The molecule has 1 fully saturated rings. The third-order valence-corrected chi connectivity index (χ3v) is 7.14. The van der Waals surface area contributed by atoms with Gasteiger partial charge in [-0.15, -0.1) is 0 Å². The van der Waals surface area contributed by atoms with Crippen LogP contribution < -0.4 is 15.4 Å². The van der Waals surface area contributed by atoms with E-state index >= 15 is 0 Å². The number of amides is 1. The van der Waals surface area contributed by atoms with Crippen LogP contribution in [0.1, 0.15) is 18.4 Å². The van der Waals surface area contributed by atoms with E-state index in [1.54, 1.807) is 6.08 Å². The molecule has 3 aromatic carbocycles. The third kappa shape index (κ3) is 5.46. The second kappa shape index (κ2) is 10.6. The normalized spacial score (nSPS) is 15.8. The van der Waals surface area contributed by atoms with Crippen LogP contribution in [0.3, 0.4) is 0 Å². The largest absolute Gasteiger partial charge is 0.457 e. The molecule has 1 aliphatic heterocycles. The second-order valence-corrected chi connectivity index (χ2v) is 9.93. The lowest BCUT2D eigenvalue weighted by atomic mass is 10.1. The molecule has 0 spiro atoms. The number of aryl methyl sites for hydroxylation is 1. The molecule has 1 aliphatic rings. The van der Waals surface area contributed by atoms with Gasteiger partial charge in [0.2, 0.25) is 5.91 Å². The number of nitrogens with zero attached hydrogens (tertiary/aromatic N) is 3. The summed E-state index contributed by atoms with van der Waals surface area (Å²) in [5, 5.41) is 8.33. The number of carbonyl (C=O) groups is 1. The van der Waals surface area contributed by atoms with Crippen LogP contribution in [0.15, 0.2) is 85.3 Å². The van der Waals surface area contributed by atoms with Crippen molar-refractivity contribution in [3.63, 3.8) is 0 Å². The molecule has 0 aliphatic carbocycles. The highest BCUT2D eigenvalue weighted by molar-refractivity contribution is 6.02. The summed E-state index contributed by atoms with van der Waals surface area (Å²) in [7, 11) is 2.09. The number of fused-ring (bicyclic) bond motifs is 2. The van der Waals surface area contributed by atoms with Crippen molar-refractivity contribution in [2.75, 3.05) is 24.2 Å². The van der Waals surface area contributed by atoms with Gasteiger partial charge in [-0.1, -0.05) is 6.08 Å². The number of likely N-dealkylation sites (tertiary alicyclic amines) is 1. The smallest absolute Gasteiger partial charge is 0.248 e. The van der Waals surface area contributed by atoms with Gasteiger partial charge in [-0.2, -0.15) is 0 Å². The molecular formula is C31H30N6O2. The SMILES string of the molecule is Cc1cc(Nc2ncnc3ccc(NC(=O)/C=C/[C@H]4CCCN4C)cc23)ccc1Oc1ccc2cc[nH]c2c1. The van der Waals surface area contributed by atoms with Gasteiger partial charge in [0.05, 0.1) is 5.52 Å². The zero-order chi connectivity index (χ0) is 26.8. The van der Waals surface area contributed by atoms with Gasteiger partial charge in [0.1, 0.15) is 23.6 Å². The zero-order valence-electron chi connectivity index (χ0n) is 21.9. The summed E-state index contributed by atoms with van der Waals surface area (Å²) in [5.41, 5.74) is 4.36. The summed E-state index contributed by atoms with van der Waals surface area (Å²) in [4.78, 5) is 26.9. The molecule has 5 aromatic rings. The summed E-state index contributed by atoms with van der Waals surface area (Å²) < 4.78 is 6.15. The van der Waals surface area contributed by atoms with Gasteiger partial charge < -0.3 is 20.4 Å². The molecule has 196 valence electrons. The van der Waals surface area contributed by atoms with E-state index in [-0.39, 0.29) is 5.91 Å². The Labute approximate surface area is 226 Å². The van der Waals surface area contributed by atoms with Gasteiger partial charge in [-0.3, -0.25) is 9.69 Å². The monoisotopic (exact) mass is 518 g/mol. The number of likely N-dealkylation sites (N-methyl/N-ethyl adjacent to an activating group) is 1. The first-order valence-electron chi connectivity index (χ1n) is 13.1. The van der Waals surface area contributed by atoms with Crippen LogP contribution in [0, 0.1) is 6.92 Å². The average Bonchev–Trinajstić information content (AvgIpc) is 3.57. The summed E-state index contributed by atoms with van der Waals surface area (Å²) in [6.07, 6.45) is 9.30. The number of anilines is 3. The van der Waals surface area contributed by atoms with E-state index in [0.29, 0.717) is 17.5 Å². The molecular weight excluding hydrogens is 488 g/mol. The first-order chi connectivity index (χ1) is 19.0. The molecule has 3 N–H and O–H groups in total. The van der Waals surface area contributed by atoms with Gasteiger partial charge in [0.25, 0.3) is 0 Å². The predicted octanol–water partition coefficient (Wildman–Crippen LogP) is 6.54. The number of H-pyrrole nitrogens is 1. The fraction of sp³-hybridized carbons (Fsp3) is 0.194. The number of nitrogens with one attached hydrogen (secondary N) is 3. The Hall–Kier alpha value is -4.69. The van der Waals surface area contributed by atoms with Crippen molar-refractivity contribution >= 4 is 44.9 Å². The lowest BCUT2D eigenvalue weighted by molar-refractivity contribution is -0.111. The quantitative estimate of drug-likeness (QED) is 0.212. The van der Waals surface area contributed by atoms with Crippen molar-refractivity contribution in [1.82, 2.24) is 19.9 Å². The highest BCUT2D eigenvalue weighted by Crippen LogP contribution is 2.31. The predicted molar refractivity (Wildman–Crippen MR) is 156 cm³/mol. The van der Waals surface area contributed by atoms with E-state index in [2.05, 4.69) is 37.5 Å². The molecule has 3 heterocycles. The molecule has 0 bridgehead atoms. The van der Waals surface area contributed by atoms with Crippen LogP contribution in [-0.4, -0.2) is 45.4 Å². The number of aromatic nitrogens is 3. The van der Waals surface area contributed by atoms with Gasteiger partial charge in [-0.25, -0.2) is 9.97 Å². The number of hydrogen-bond donors (Lipinski definition) is 3. The van der Waals surface area contributed by atoms with Crippen molar-refractivity contribution in [2.24, 2.45) is 0 Å². The van der Waals surface area contributed by atoms with Crippen LogP contribution in [0.2, 0.25) is 0 Å². The Morgan fingerprint density at radius 3 is 2.82 bits per heavy atom. The average molecular weight is 519 g/mol. The van der Waals surface area contributed by atoms with E-state index in [1.807, 2.05) is 79.9 Å². The maximum atomic E-state index is 12.6. The Balaban J connectivity index is 1.18. The van der Waals surface area contributed by atoms with Crippen LogP contribution >= 0.6 is 0 Å². The minimum absolute atomic E-state index is 0.150. The zero-order valence-corrected chi connectivity index (χ0v) is 21.9. The van der Waals surface area contributed by atoms with E-state index in [9.17, 15) is 4.79 Å². The molecule has 39 heavy (non-hydrogen) atoms. The molecule has 0 radical (unpaired) electrons. The van der Waals surface area contributed by atoms with Gasteiger partial charge >= 0.3 is 0 Å². The Kier molecular flexibility index (Phi) is 6.69. The maximum absolute atomic E-state index is 12.6. The fourth-order valence-electron chi connectivity index (χ4n) is 4.99. The molecule has 8 heteroatoms. The molecule has 6 rings (SSSR count). The minimum Gasteiger partial charge on any atom is -0.457 e. The topological polar surface area (TPSA) is 95.2 Å². The number of hydrogen-bond acceptors (Lipinski definition) is 6. The molecule has 0 saturated carbocycles. The Morgan fingerprint density at radius 1 is 1.08 bits per heavy atom. The van der Waals surface area contributed by atoms with Gasteiger partial charge in [0, 0.05) is 46.7 Å². The first kappa shape index (κ1) is 24.6. The standard InChI is InChI=1S/C31H30N6O2/c1-20-16-22(7-11-29(20)39-25-9-5-21-13-14-32-28(21)18-25)36-31-26-17-23(6-10-27(26)33-19-34-31)35-30(38)12-8-24-4-3-15-37(24)2/h5-14,16-19,24,32H,3-4,15H2,1-2H3,(H,35,38)(H,33,34,36)/b12-8+/t24-/m1/s1. The minimum atomic E-state index is -0.150. The van der Waals surface area contributed by atoms with E-state index < -0.39 is 0 Å². The third-order valence-electron chi connectivity index (χ3n) is 7.14. The van der Waals surface area contributed by atoms with Crippen LogP contribution in [0.5, 0.6) is 11.5 Å². The Bertz CT molecular complexity index is 1690. The number of benzene rings is 3. The summed E-state index contributed by atoms with van der Waals surface area (Å²) in [5.74, 6) is 2.06. The Morgan fingerprint density at radius 2 is 1.97 bits per heavy atom. The van der Waals surface area contributed by atoms with Crippen LogP contribution in [0.25, 0.3) is 21.8 Å². The van der Waals surface area contributed by atoms with Crippen molar-refractivity contribution in [2.45, 2.75) is 25.8 Å². The fourth-order valence-corrected chi connectivity index (χ4v) is 4.99. The summed E-state index contributed by atoms with van der Waals surface area (Å²) >= 11 is 0. The maximum Gasteiger partial charge on any atom is 0.248 e. The van der Waals surface area contributed by atoms with Crippen molar-refractivity contribution in [1.29, 1.82) is 0 Å². The van der Waals surface area contributed by atoms with Gasteiger partial charge in [0.15, 0.2) is 0 Å².